The monoisotopic (exact) mass is 358 g/mol. The first-order chi connectivity index (χ1) is 12.1. The summed E-state index contributed by atoms with van der Waals surface area (Å²) in [6.07, 6.45) is 0.914. The maximum absolute atomic E-state index is 12.8. The van der Waals surface area contributed by atoms with Crippen molar-refractivity contribution in [2.45, 2.75) is 39.5 Å². The molecule has 0 fully saturated rings. The maximum atomic E-state index is 12.8. The van der Waals surface area contributed by atoms with Crippen molar-refractivity contribution in [1.82, 2.24) is 9.88 Å². The highest BCUT2D eigenvalue weighted by Gasteiger charge is 2.27. The SMILES string of the molecule is CCC1Cn2c(C(=O)NCc3ccc(C)o3)cc3c(Cl)ccc(c32)O1. The van der Waals surface area contributed by atoms with Crippen molar-refractivity contribution in [3.63, 3.8) is 0 Å². The first-order valence-corrected chi connectivity index (χ1v) is 8.76. The fourth-order valence-corrected chi connectivity index (χ4v) is 3.47. The number of carbonyl (C=O) groups is 1. The van der Waals surface area contributed by atoms with Crippen LogP contribution < -0.4 is 10.1 Å². The topological polar surface area (TPSA) is 56.4 Å². The van der Waals surface area contributed by atoms with E-state index >= 15 is 0 Å². The highest BCUT2D eigenvalue weighted by Crippen LogP contribution is 2.38. The van der Waals surface area contributed by atoms with Crippen LogP contribution in [0, 0.1) is 6.92 Å². The molecule has 5 nitrogen and oxygen atoms in total. The van der Waals surface area contributed by atoms with Gasteiger partial charge in [0, 0.05) is 5.39 Å². The number of aromatic nitrogens is 1. The highest BCUT2D eigenvalue weighted by molar-refractivity contribution is 6.36. The molecule has 1 N–H and O–H groups in total. The molecule has 6 heteroatoms. The number of nitrogens with one attached hydrogen (secondary N) is 1. The van der Waals surface area contributed by atoms with Gasteiger partial charge in [-0.2, -0.15) is 0 Å². The van der Waals surface area contributed by atoms with Gasteiger partial charge >= 0.3 is 0 Å². The second-order valence-corrected chi connectivity index (χ2v) is 6.70. The van der Waals surface area contributed by atoms with Gasteiger partial charge in [0.05, 0.1) is 23.6 Å². The van der Waals surface area contributed by atoms with E-state index in [9.17, 15) is 4.79 Å². The Hall–Kier alpha value is -2.40. The average Bonchev–Trinajstić information content (AvgIpc) is 3.20. The lowest BCUT2D eigenvalue weighted by Gasteiger charge is -2.26. The van der Waals surface area contributed by atoms with Crippen LogP contribution in [0.5, 0.6) is 5.75 Å². The molecule has 130 valence electrons. The van der Waals surface area contributed by atoms with Crippen LogP contribution in [0.4, 0.5) is 0 Å². The number of ether oxygens (including phenoxy) is 1. The summed E-state index contributed by atoms with van der Waals surface area (Å²) in [6, 6.07) is 9.27. The van der Waals surface area contributed by atoms with E-state index in [0.717, 1.165) is 34.6 Å². The predicted molar refractivity (Wildman–Crippen MR) is 96.3 cm³/mol. The van der Waals surface area contributed by atoms with Crippen LogP contribution in [0.25, 0.3) is 10.9 Å². The zero-order valence-electron chi connectivity index (χ0n) is 14.1. The minimum atomic E-state index is -0.149. The molecule has 1 atom stereocenters. The van der Waals surface area contributed by atoms with E-state index < -0.39 is 0 Å². The minimum Gasteiger partial charge on any atom is -0.486 e. The number of rotatable bonds is 4. The van der Waals surface area contributed by atoms with Gasteiger partial charge in [-0.3, -0.25) is 4.79 Å². The molecule has 0 aliphatic carbocycles. The lowest BCUT2D eigenvalue weighted by Crippen LogP contribution is -2.31. The number of furan rings is 1. The molecule has 0 saturated heterocycles. The quantitative estimate of drug-likeness (QED) is 0.756. The van der Waals surface area contributed by atoms with E-state index in [1.807, 2.05) is 41.8 Å². The Bertz CT molecular complexity index is 957. The molecule has 2 aromatic heterocycles. The molecule has 25 heavy (non-hydrogen) atoms. The second-order valence-electron chi connectivity index (χ2n) is 6.29. The van der Waals surface area contributed by atoms with Gasteiger partial charge in [-0.15, -0.1) is 0 Å². The van der Waals surface area contributed by atoms with Gasteiger partial charge in [0.2, 0.25) is 0 Å². The van der Waals surface area contributed by atoms with Crippen LogP contribution in [0.2, 0.25) is 5.02 Å². The molecule has 4 rings (SSSR count). The molecule has 0 saturated carbocycles. The molecule has 1 unspecified atom stereocenters. The van der Waals surface area contributed by atoms with Crippen LogP contribution in [0.15, 0.2) is 34.7 Å². The Morgan fingerprint density at radius 3 is 2.92 bits per heavy atom. The summed E-state index contributed by atoms with van der Waals surface area (Å²) < 4.78 is 13.5. The van der Waals surface area contributed by atoms with Gasteiger partial charge in [-0.25, -0.2) is 0 Å². The van der Waals surface area contributed by atoms with Gasteiger partial charge in [0.1, 0.15) is 29.1 Å². The van der Waals surface area contributed by atoms with Crippen molar-refractivity contribution in [2.75, 3.05) is 0 Å². The second kappa shape index (κ2) is 6.15. The summed E-state index contributed by atoms with van der Waals surface area (Å²) in [6.45, 7) is 4.94. The fraction of sp³-hybridized carbons (Fsp3) is 0.316. The van der Waals surface area contributed by atoms with Crippen LogP contribution in [0.1, 0.15) is 35.4 Å². The normalized spacial score (nSPS) is 16.0. The standard InChI is InChI=1S/C19H19ClN2O3/c1-3-12-10-22-16(19(23)21-9-13-5-4-11(2)24-13)8-14-15(20)6-7-17(25-12)18(14)22/h4-8,12H,3,9-10H2,1-2H3,(H,21,23). The first-order valence-electron chi connectivity index (χ1n) is 8.38. The van der Waals surface area contributed by atoms with Gasteiger partial charge in [0.15, 0.2) is 0 Å². The van der Waals surface area contributed by atoms with Crippen LogP contribution in [-0.4, -0.2) is 16.6 Å². The molecule has 1 amide bonds. The summed E-state index contributed by atoms with van der Waals surface area (Å²) in [7, 11) is 0. The minimum absolute atomic E-state index is 0.0450. The summed E-state index contributed by atoms with van der Waals surface area (Å²) in [5, 5.41) is 4.38. The largest absolute Gasteiger partial charge is 0.486 e. The van der Waals surface area contributed by atoms with E-state index in [1.165, 1.54) is 0 Å². The number of aryl methyl sites for hydroxylation is 1. The average molecular weight is 359 g/mol. The Morgan fingerprint density at radius 1 is 1.36 bits per heavy atom. The van der Waals surface area contributed by atoms with Gasteiger partial charge < -0.3 is 19.0 Å². The molecule has 3 heterocycles. The first kappa shape index (κ1) is 16.1. The molecule has 0 spiro atoms. The number of benzene rings is 1. The number of carbonyl (C=O) groups excluding carboxylic acids is 1. The van der Waals surface area contributed by atoms with Gasteiger partial charge in [0.25, 0.3) is 5.91 Å². The van der Waals surface area contributed by atoms with Crippen molar-refractivity contribution >= 4 is 28.4 Å². The third kappa shape index (κ3) is 2.78. The fourth-order valence-electron chi connectivity index (χ4n) is 3.26. The highest BCUT2D eigenvalue weighted by atomic mass is 35.5. The lowest BCUT2D eigenvalue weighted by molar-refractivity contribution is 0.0932. The van der Waals surface area contributed by atoms with Gasteiger partial charge in [-0.1, -0.05) is 18.5 Å². The van der Waals surface area contributed by atoms with Gasteiger partial charge in [-0.05, 0) is 43.7 Å². The van der Waals surface area contributed by atoms with Crippen LogP contribution in [0.3, 0.4) is 0 Å². The van der Waals surface area contributed by atoms with Crippen molar-refractivity contribution in [3.05, 3.63) is 52.6 Å². The van der Waals surface area contributed by atoms with E-state index in [4.69, 9.17) is 20.8 Å². The molecule has 1 aliphatic heterocycles. The number of amides is 1. The molecule has 1 aromatic carbocycles. The van der Waals surface area contributed by atoms with Crippen LogP contribution in [-0.2, 0) is 13.1 Å². The van der Waals surface area contributed by atoms with Crippen LogP contribution >= 0.6 is 11.6 Å². The molecule has 3 aromatic rings. The van der Waals surface area contributed by atoms with Crippen molar-refractivity contribution in [1.29, 1.82) is 0 Å². The number of halogens is 1. The summed E-state index contributed by atoms with van der Waals surface area (Å²) in [4.78, 5) is 12.8. The van der Waals surface area contributed by atoms with E-state index in [-0.39, 0.29) is 12.0 Å². The maximum Gasteiger partial charge on any atom is 0.268 e. The zero-order chi connectivity index (χ0) is 17.6. The number of hydrogen-bond acceptors (Lipinski definition) is 3. The summed E-state index contributed by atoms with van der Waals surface area (Å²) >= 11 is 6.33. The number of hydrogen-bond donors (Lipinski definition) is 1. The Morgan fingerprint density at radius 2 is 2.20 bits per heavy atom. The van der Waals surface area contributed by atoms with Crippen molar-refractivity contribution in [3.8, 4) is 5.75 Å². The molecular weight excluding hydrogens is 340 g/mol. The van der Waals surface area contributed by atoms with E-state index in [0.29, 0.717) is 23.8 Å². The lowest BCUT2D eigenvalue weighted by atomic mass is 10.2. The van der Waals surface area contributed by atoms with E-state index in [1.54, 1.807) is 0 Å². The predicted octanol–water partition coefficient (Wildman–Crippen LogP) is 4.30. The van der Waals surface area contributed by atoms with Crippen molar-refractivity contribution in [2.24, 2.45) is 0 Å². The summed E-state index contributed by atoms with van der Waals surface area (Å²) in [5.74, 6) is 2.18. The molecule has 0 bridgehead atoms. The Labute approximate surface area is 150 Å². The third-order valence-electron chi connectivity index (χ3n) is 4.56. The smallest absolute Gasteiger partial charge is 0.268 e. The van der Waals surface area contributed by atoms with Crippen molar-refractivity contribution < 1.29 is 13.9 Å². The Kier molecular flexibility index (Phi) is 3.96. The molecule has 1 aliphatic rings. The third-order valence-corrected chi connectivity index (χ3v) is 4.89. The zero-order valence-corrected chi connectivity index (χ0v) is 14.9. The molecular formula is C19H19ClN2O3. The molecule has 0 radical (unpaired) electrons. The van der Waals surface area contributed by atoms with E-state index in [2.05, 4.69) is 12.2 Å². The number of nitrogens with zero attached hydrogens (tertiary/aromatic N) is 1. The summed E-state index contributed by atoms with van der Waals surface area (Å²) in [5.41, 5.74) is 1.48. The Balaban J connectivity index is 1.69.